The Labute approximate surface area is 155 Å². The number of likely N-dealkylation sites (tertiary alicyclic amines) is 1. The van der Waals surface area contributed by atoms with Crippen LogP contribution in [0.5, 0.6) is 0 Å². The molecule has 2 aromatic rings. The van der Waals surface area contributed by atoms with Crippen LogP contribution in [0.15, 0.2) is 47.4 Å². The van der Waals surface area contributed by atoms with Crippen LogP contribution >= 0.6 is 0 Å². The molecule has 0 bridgehead atoms. The first kappa shape index (κ1) is 18.5. The van der Waals surface area contributed by atoms with Gasteiger partial charge >= 0.3 is 0 Å². The van der Waals surface area contributed by atoms with Crippen molar-refractivity contribution in [3.63, 3.8) is 0 Å². The molecule has 0 spiro atoms. The molecule has 0 N–H and O–H groups in total. The van der Waals surface area contributed by atoms with Gasteiger partial charge in [0.1, 0.15) is 0 Å². The van der Waals surface area contributed by atoms with E-state index in [1.54, 1.807) is 49.5 Å². The summed E-state index contributed by atoms with van der Waals surface area (Å²) < 4.78 is 27.0. The largest absolute Gasteiger partial charge is 0.339 e. The van der Waals surface area contributed by atoms with E-state index in [0.717, 1.165) is 37.1 Å². The first-order valence-electron chi connectivity index (χ1n) is 8.76. The predicted octanol–water partition coefficient (Wildman–Crippen LogP) is 3.36. The lowest BCUT2D eigenvalue weighted by atomic mass is 10.1. The van der Waals surface area contributed by atoms with Crippen molar-refractivity contribution in [2.75, 3.05) is 24.4 Å². The molecule has 138 valence electrons. The average Bonchev–Trinajstić information content (AvgIpc) is 3.15. The Morgan fingerprint density at radius 2 is 1.62 bits per heavy atom. The minimum atomic E-state index is -3.64. The normalized spacial score (nSPS) is 14.5. The molecule has 2 aromatic carbocycles. The van der Waals surface area contributed by atoms with Crippen LogP contribution in [0.1, 0.15) is 34.3 Å². The van der Waals surface area contributed by atoms with Crippen molar-refractivity contribution in [3.05, 3.63) is 59.2 Å². The van der Waals surface area contributed by atoms with Crippen LogP contribution in [0.4, 0.5) is 5.69 Å². The third kappa shape index (κ3) is 3.46. The monoisotopic (exact) mass is 372 g/mol. The fourth-order valence-electron chi connectivity index (χ4n) is 3.24. The molecular formula is C20H24N2O3S. The van der Waals surface area contributed by atoms with E-state index in [9.17, 15) is 13.2 Å². The van der Waals surface area contributed by atoms with Crippen LogP contribution in [-0.4, -0.2) is 39.4 Å². The summed E-state index contributed by atoms with van der Waals surface area (Å²) >= 11 is 0. The maximum Gasteiger partial charge on any atom is 0.264 e. The average molecular weight is 372 g/mol. The maximum atomic E-state index is 12.9. The molecule has 26 heavy (non-hydrogen) atoms. The van der Waals surface area contributed by atoms with Crippen molar-refractivity contribution in [3.8, 4) is 0 Å². The number of hydrogen-bond acceptors (Lipinski definition) is 3. The summed E-state index contributed by atoms with van der Waals surface area (Å²) in [5, 5.41) is 0. The third-order valence-electron chi connectivity index (χ3n) is 4.86. The zero-order chi connectivity index (χ0) is 18.9. The second-order valence-corrected chi connectivity index (χ2v) is 8.76. The summed E-state index contributed by atoms with van der Waals surface area (Å²) in [5.74, 6) is 0.0150. The summed E-state index contributed by atoms with van der Waals surface area (Å²) in [5.41, 5.74) is 2.94. The van der Waals surface area contributed by atoms with Crippen LogP contribution in [0.2, 0.25) is 0 Å². The van der Waals surface area contributed by atoms with Gasteiger partial charge in [-0.3, -0.25) is 9.10 Å². The number of anilines is 1. The molecule has 6 heteroatoms. The summed E-state index contributed by atoms with van der Waals surface area (Å²) in [6, 6.07) is 12.0. The molecule has 0 atom stereocenters. The topological polar surface area (TPSA) is 57.7 Å². The molecular weight excluding hydrogens is 348 g/mol. The number of hydrogen-bond donors (Lipinski definition) is 0. The van der Waals surface area contributed by atoms with Gasteiger partial charge in [-0.05, 0) is 62.6 Å². The SMILES string of the molecule is Cc1ccc(S(=O)(=O)N(C)c2ccc(C(=O)N3CCCC3)cc2C)cc1. The smallest absolute Gasteiger partial charge is 0.264 e. The van der Waals surface area contributed by atoms with Gasteiger partial charge in [-0.15, -0.1) is 0 Å². The number of amides is 1. The van der Waals surface area contributed by atoms with E-state index in [4.69, 9.17) is 0 Å². The molecule has 1 aliphatic heterocycles. The van der Waals surface area contributed by atoms with Gasteiger partial charge in [0.15, 0.2) is 0 Å². The van der Waals surface area contributed by atoms with Gasteiger partial charge in [-0.1, -0.05) is 17.7 Å². The second-order valence-electron chi connectivity index (χ2n) is 6.79. The molecule has 1 fully saturated rings. The first-order chi connectivity index (χ1) is 12.3. The lowest BCUT2D eigenvalue weighted by molar-refractivity contribution is 0.0792. The molecule has 5 nitrogen and oxygen atoms in total. The van der Waals surface area contributed by atoms with Crippen molar-refractivity contribution >= 4 is 21.6 Å². The standard InChI is InChI=1S/C20H24N2O3S/c1-15-6-9-18(10-7-15)26(24,25)21(3)19-11-8-17(14-16(19)2)20(23)22-12-4-5-13-22/h6-11,14H,4-5,12-13H2,1-3H3. The Balaban J connectivity index is 1.88. The maximum absolute atomic E-state index is 12.9. The molecule has 1 amide bonds. The lowest BCUT2D eigenvalue weighted by Crippen LogP contribution is -2.29. The fraction of sp³-hybridized carbons (Fsp3) is 0.350. The van der Waals surface area contributed by atoms with Crippen molar-refractivity contribution < 1.29 is 13.2 Å². The number of carbonyl (C=O) groups excluding carboxylic acids is 1. The van der Waals surface area contributed by atoms with Gasteiger partial charge in [0, 0.05) is 25.7 Å². The summed E-state index contributed by atoms with van der Waals surface area (Å²) in [6.07, 6.45) is 2.08. The minimum Gasteiger partial charge on any atom is -0.339 e. The first-order valence-corrected chi connectivity index (χ1v) is 10.2. The Bertz CT molecular complexity index is 915. The second kappa shape index (κ2) is 7.11. The van der Waals surface area contributed by atoms with Gasteiger partial charge in [0.2, 0.25) is 0 Å². The Morgan fingerprint density at radius 1 is 1.00 bits per heavy atom. The van der Waals surface area contributed by atoms with E-state index in [-0.39, 0.29) is 10.8 Å². The van der Waals surface area contributed by atoms with Crippen molar-refractivity contribution in [2.45, 2.75) is 31.6 Å². The van der Waals surface area contributed by atoms with Crippen LogP contribution in [0.25, 0.3) is 0 Å². The molecule has 0 saturated carbocycles. The highest BCUT2D eigenvalue weighted by Crippen LogP contribution is 2.27. The van der Waals surface area contributed by atoms with Crippen LogP contribution in [0, 0.1) is 13.8 Å². The number of nitrogens with zero attached hydrogens (tertiary/aromatic N) is 2. The Kier molecular flexibility index (Phi) is 5.05. The fourth-order valence-corrected chi connectivity index (χ4v) is 4.50. The van der Waals surface area contributed by atoms with Crippen molar-refractivity contribution in [1.82, 2.24) is 4.90 Å². The van der Waals surface area contributed by atoms with Gasteiger partial charge in [-0.2, -0.15) is 0 Å². The van der Waals surface area contributed by atoms with Gasteiger partial charge < -0.3 is 4.90 Å². The summed E-state index contributed by atoms with van der Waals surface area (Å²) in [7, 11) is -2.10. The molecule has 0 aliphatic carbocycles. The number of sulfonamides is 1. The van der Waals surface area contributed by atoms with Gasteiger partial charge in [0.25, 0.3) is 15.9 Å². The van der Waals surface area contributed by atoms with Gasteiger partial charge in [0.05, 0.1) is 10.6 Å². The van der Waals surface area contributed by atoms with E-state index < -0.39 is 10.0 Å². The molecule has 0 unspecified atom stereocenters. The predicted molar refractivity (Wildman–Crippen MR) is 103 cm³/mol. The zero-order valence-corrected chi connectivity index (χ0v) is 16.2. The van der Waals surface area contributed by atoms with Crippen LogP contribution in [-0.2, 0) is 10.0 Å². The Morgan fingerprint density at radius 3 is 2.19 bits per heavy atom. The zero-order valence-electron chi connectivity index (χ0n) is 15.4. The molecule has 1 heterocycles. The third-order valence-corrected chi connectivity index (χ3v) is 6.64. The number of benzene rings is 2. The Hall–Kier alpha value is -2.34. The summed E-state index contributed by atoms with van der Waals surface area (Å²) in [6.45, 7) is 5.33. The number of rotatable bonds is 4. The minimum absolute atomic E-state index is 0.0150. The van der Waals surface area contributed by atoms with Crippen LogP contribution in [0.3, 0.4) is 0 Å². The van der Waals surface area contributed by atoms with E-state index in [2.05, 4.69) is 0 Å². The van der Waals surface area contributed by atoms with Crippen molar-refractivity contribution in [1.29, 1.82) is 0 Å². The molecule has 1 saturated heterocycles. The highest BCUT2D eigenvalue weighted by atomic mass is 32.2. The van der Waals surface area contributed by atoms with Crippen molar-refractivity contribution in [2.24, 2.45) is 0 Å². The molecule has 3 rings (SSSR count). The quantitative estimate of drug-likeness (QED) is 0.827. The molecule has 0 aromatic heterocycles. The van der Waals surface area contributed by atoms with E-state index in [0.29, 0.717) is 11.3 Å². The molecule has 1 aliphatic rings. The van der Waals surface area contributed by atoms with E-state index in [1.165, 1.54) is 4.31 Å². The number of carbonyl (C=O) groups is 1. The van der Waals surface area contributed by atoms with E-state index >= 15 is 0 Å². The highest BCUT2D eigenvalue weighted by Gasteiger charge is 2.24. The van der Waals surface area contributed by atoms with Crippen LogP contribution < -0.4 is 4.31 Å². The highest BCUT2D eigenvalue weighted by molar-refractivity contribution is 7.92. The molecule has 0 radical (unpaired) electrons. The van der Waals surface area contributed by atoms with Gasteiger partial charge in [-0.25, -0.2) is 8.42 Å². The lowest BCUT2D eigenvalue weighted by Gasteiger charge is -2.22. The number of aryl methyl sites for hydroxylation is 2. The van der Waals surface area contributed by atoms with E-state index in [1.807, 2.05) is 18.7 Å². The summed E-state index contributed by atoms with van der Waals surface area (Å²) in [4.78, 5) is 14.6.